The summed E-state index contributed by atoms with van der Waals surface area (Å²) in [6.07, 6.45) is 1.93. The fraction of sp³-hybridized carbons (Fsp3) is 0.458. The van der Waals surface area contributed by atoms with Crippen molar-refractivity contribution in [3.63, 3.8) is 0 Å². The topological polar surface area (TPSA) is 73.3 Å². The van der Waals surface area contributed by atoms with Crippen LogP contribution in [0.5, 0.6) is 17.2 Å². The van der Waals surface area contributed by atoms with Crippen LogP contribution in [0.2, 0.25) is 0 Å². The molecule has 2 aliphatic heterocycles. The molecular weight excluding hydrogens is 521 g/mol. The number of rotatable bonds is 6. The Bertz CT molecular complexity index is 916. The average molecular weight is 553 g/mol. The van der Waals surface area contributed by atoms with Crippen LogP contribution in [0.25, 0.3) is 0 Å². The van der Waals surface area contributed by atoms with E-state index in [1.807, 2.05) is 18.2 Å². The summed E-state index contributed by atoms with van der Waals surface area (Å²) in [5.41, 5.74) is 3.31. The first kappa shape index (κ1) is 24.4. The van der Waals surface area contributed by atoms with Crippen molar-refractivity contribution in [3.05, 3.63) is 53.1 Å². The lowest BCUT2D eigenvalue weighted by molar-refractivity contribution is 0.140. The van der Waals surface area contributed by atoms with E-state index in [0.29, 0.717) is 38.9 Å². The van der Waals surface area contributed by atoms with Crippen molar-refractivity contribution in [3.8, 4) is 17.2 Å². The fourth-order valence-corrected chi connectivity index (χ4v) is 3.67. The first-order valence-corrected chi connectivity index (χ1v) is 10.9. The standard InChI is InChI=1S/C24H31N3O4.HI/c1-17-7-8-18(22(13-17)31-20-9-12-28-16-20)14-26-24(25-2)27-15-19-5-3-6-21-23(19)30-11-4-10-29-21;/h3,5-8,13,20H,4,9-12,14-16H2,1-2H3,(H2,25,26,27);1H. The molecule has 1 fully saturated rings. The summed E-state index contributed by atoms with van der Waals surface area (Å²) < 4.78 is 23.3. The van der Waals surface area contributed by atoms with Crippen LogP contribution in [0.15, 0.2) is 41.4 Å². The molecule has 7 nitrogen and oxygen atoms in total. The van der Waals surface area contributed by atoms with Gasteiger partial charge in [0.15, 0.2) is 17.5 Å². The summed E-state index contributed by atoms with van der Waals surface area (Å²) in [5, 5.41) is 6.76. The van der Waals surface area contributed by atoms with Gasteiger partial charge in [-0.2, -0.15) is 0 Å². The highest BCUT2D eigenvalue weighted by atomic mass is 127. The lowest BCUT2D eigenvalue weighted by atomic mass is 10.1. The van der Waals surface area contributed by atoms with Gasteiger partial charge in [0.1, 0.15) is 11.9 Å². The van der Waals surface area contributed by atoms with Crippen LogP contribution in [0, 0.1) is 6.92 Å². The molecule has 174 valence electrons. The van der Waals surface area contributed by atoms with Crippen molar-refractivity contribution >= 4 is 29.9 Å². The van der Waals surface area contributed by atoms with Crippen LogP contribution in [-0.2, 0) is 17.8 Å². The molecule has 0 radical (unpaired) electrons. The summed E-state index contributed by atoms with van der Waals surface area (Å²) in [6.45, 7) is 6.03. The van der Waals surface area contributed by atoms with Crippen molar-refractivity contribution in [2.24, 2.45) is 4.99 Å². The Morgan fingerprint density at radius 1 is 1.06 bits per heavy atom. The molecule has 0 aromatic heterocycles. The maximum atomic E-state index is 6.20. The Morgan fingerprint density at radius 3 is 2.66 bits per heavy atom. The van der Waals surface area contributed by atoms with Gasteiger partial charge >= 0.3 is 0 Å². The Kier molecular flexibility index (Phi) is 9.28. The number of hydrogen-bond acceptors (Lipinski definition) is 5. The molecule has 2 aliphatic rings. The number of nitrogens with one attached hydrogen (secondary N) is 2. The molecule has 32 heavy (non-hydrogen) atoms. The van der Waals surface area contributed by atoms with Crippen LogP contribution in [0.4, 0.5) is 0 Å². The molecule has 2 N–H and O–H groups in total. The van der Waals surface area contributed by atoms with E-state index in [0.717, 1.165) is 47.8 Å². The highest BCUT2D eigenvalue weighted by Gasteiger charge is 2.19. The molecule has 4 rings (SSSR count). The van der Waals surface area contributed by atoms with Gasteiger partial charge in [0.05, 0.1) is 26.4 Å². The van der Waals surface area contributed by atoms with Crippen LogP contribution in [0.1, 0.15) is 29.5 Å². The minimum Gasteiger partial charge on any atom is -0.490 e. The first-order valence-electron chi connectivity index (χ1n) is 10.9. The highest BCUT2D eigenvalue weighted by molar-refractivity contribution is 14.0. The van der Waals surface area contributed by atoms with Crippen molar-refractivity contribution in [2.45, 2.75) is 39.0 Å². The van der Waals surface area contributed by atoms with Gasteiger partial charge in [0.25, 0.3) is 0 Å². The monoisotopic (exact) mass is 553 g/mol. The lowest BCUT2D eigenvalue weighted by Crippen LogP contribution is -2.36. The molecule has 1 atom stereocenters. The van der Waals surface area contributed by atoms with E-state index in [-0.39, 0.29) is 30.1 Å². The molecule has 0 aliphatic carbocycles. The van der Waals surface area contributed by atoms with Crippen molar-refractivity contribution in [2.75, 3.05) is 33.5 Å². The normalized spacial score (nSPS) is 17.8. The smallest absolute Gasteiger partial charge is 0.191 e. The minimum absolute atomic E-state index is 0. The summed E-state index contributed by atoms with van der Waals surface area (Å²) in [7, 11) is 1.77. The van der Waals surface area contributed by atoms with Gasteiger partial charge < -0.3 is 29.6 Å². The number of fused-ring (bicyclic) bond motifs is 1. The largest absolute Gasteiger partial charge is 0.490 e. The van der Waals surface area contributed by atoms with Crippen LogP contribution < -0.4 is 24.8 Å². The SMILES string of the molecule is CN=C(NCc1ccc(C)cc1OC1CCOC1)NCc1cccc2c1OCCCO2.I. The Hall–Kier alpha value is -2.20. The number of ether oxygens (including phenoxy) is 4. The molecule has 1 unspecified atom stereocenters. The van der Waals surface area contributed by atoms with Gasteiger partial charge in [-0.3, -0.25) is 4.99 Å². The Labute approximate surface area is 206 Å². The summed E-state index contributed by atoms with van der Waals surface area (Å²) in [5.74, 6) is 3.23. The van der Waals surface area contributed by atoms with Gasteiger partial charge in [-0.25, -0.2) is 0 Å². The average Bonchev–Trinajstić information content (AvgIpc) is 3.17. The Balaban J connectivity index is 0.00000289. The number of aryl methyl sites for hydroxylation is 1. The van der Waals surface area contributed by atoms with E-state index < -0.39 is 0 Å². The summed E-state index contributed by atoms with van der Waals surface area (Å²) >= 11 is 0. The molecule has 0 amide bonds. The fourth-order valence-electron chi connectivity index (χ4n) is 3.67. The molecule has 1 saturated heterocycles. The third-order valence-electron chi connectivity index (χ3n) is 5.37. The van der Waals surface area contributed by atoms with Crippen LogP contribution in [0.3, 0.4) is 0 Å². The molecule has 2 heterocycles. The molecule has 0 spiro atoms. The Morgan fingerprint density at radius 2 is 1.88 bits per heavy atom. The van der Waals surface area contributed by atoms with Crippen molar-refractivity contribution in [1.29, 1.82) is 0 Å². The van der Waals surface area contributed by atoms with Gasteiger partial charge in [0, 0.05) is 44.1 Å². The number of guanidine groups is 1. The van der Waals surface area contributed by atoms with E-state index in [4.69, 9.17) is 18.9 Å². The number of hydrogen-bond donors (Lipinski definition) is 2. The van der Waals surface area contributed by atoms with Crippen molar-refractivity contribution < 1.29 is 18.9 Å². The van der Waals surface area contributed by atoms with Gasteiger partial charge in [0.2, 0.25) is 0 Å². The van der Waals surface area contributed by atoms with Gasteiger partial charge in [-0.15, -0.1) is 24.0 Å². The zero-order chi connectivity index (χ0) is 21.5. The van der Waals surface area contributed by atoms with E-state index in [1.165, 1.54) is 5.56 Å². The maximum absolute atomic E-state index is 6.20. The van der Waals surface area contributed by atoms with E-state index in [1.54, 1.807) is 7.05 Å². The van der Waals surface area contributed by atoms with E-state index in [2.05, 4.69) is 40.7 Å². The van der Waals surface area contributed by atoms with Crippen molar-refractivity contribution in [1.82, 2.24) is 10.6 Å². The molecule has 8 heteroatoms. The number of aliphatic imine (C=N–C) groups is 1. The second kappa shape index (κ2) is 12.2. The highest BCUT2D eigenvalue weighted by Crippen LogP contribution is 2.33. The van der Waals surface area contributed by atoms with Gasteiger partial charge in [-0.1, -0.05) is 24.3 Å². The molecule has 2 aromatic carbocycles. The predicted octanol–water partition coefficient (Wildman–Crippen LogP) is 3.81. The number of halogens is 1. The zero-order valence-corrected chi connectivity index (χ0v) is 21.0. The van der Waals surface area contributed by atoms with Gasteiger partial charge in [-0.05, 0) is 24.6 Å². The molecular formula is C24H32IN3O4. The molecule has 2 aromatic rings. The van der Waals surface area contributed by atoms with E-state index >= 15 is 0 Å². The third kappa shape index (κ3) is 6.41. The number of nitrogens with zero attached hydrogens (tertiary/aromatic N) is 1. The maximum Gasteiger partial charge on any atom is 0.191 e. The third-order valence-corrected chi connectivity index (χ3v) is 5.37. The zero-order valence-electron chi connectivity index (χ0n) is 18.7. The van der Waals surface area contributed by atoms with E-state index in [9.17, 15) is 0 Å². The van der Waals surface area contributed by atoms with Crippen LogP contribution >= 0.6 is 24.0 Å². The lowest BCUT2D eigenvalue weighted by Gasteiger charge is -2.18. The second-order valence-corrected chi connectivity index (χ2v) is 7.79. The number of para-hydroxylation sites is 1. The summed E-state index contributed by atoms with van der Waals surface area (Å²) in [6, 6.07) is 12.3. The second-order valence-electron chi connectivity index (χ2n) is 7.79. The quantitative estimate of drug-likeness (QED) is 0.322. The summed E-state index contributed by atoms with van der Waals surface area (Å²) in [4.78, 5) is 4.36. The minimum atomic E-state index is 0. The number of benzene rings is 2. The predicted molar refractivity (Wildman–Crippen MR) is 136 cm³/mol. The molecule has 0 bridgehead atoms. The van der Waals surface area contributed by atoms with Crippen LogP contribution in [-0.4, -0.2) is 45.5 Å². The first-order chi connectivity index (χ1) is 15.2. The molecule has 0 saturated carbocycles.